The molecule has 0 aromatic heterocycles. The number of nitrogens with zero attached hydrogens (tertiary/aromatic N) is 1. The molecule has 0 amide bonds. The van der Waals surface area contributed by atoms with Gasteiger partial charge in [0.25, 0.3) is 0 Å². The van der Waals surface area contributed by atoms with E-state index in [0.717, 1.165) is 12.1 Å². The van der Waals surface area contributed by atoms with Gasteiger partial charge in [-0.15, -0.1) is 0 Å². The van der Waals surface area contributed by atoms with Crippen molar-refractivity contribution in [3.8, 4) is 5.75 Å². The number of alkyl halides is 4. The van der Waals surface area contributed by atoms with Gasteiger partial charge >= 0.3 is 6.18 Å². The second kappa shape index (κ2) is 6.13. The predicted octanol–water partition coefficient (Wildman–Crippen LogP) is 3.57. The first-order valence-corrected chi connectivity index (χ1v) is 8.27. The Bertz CT molecular complexity index is 566. The summed E-state index contributed by atoms with van der Waals surface area (Å²) in [4.78, 5) is -0.325. The zero-order valence-corrected chi connectivity index (χ0v) is 12.7. The second-order valence-corrected chi connectivity index (χ2v) is 6.88. The highest BCUT2D eigenvalue weighted by Gasteiger charge is 2.36. The highest BCUT2D eigenvalue weighted by molar-refractivity contribution is 9.09. The number of hydrogen-bond donors (Lipinski definition) is 0. The molecular formula is C11H13BrF3NO2S. The summed E-state index contributed by atoms with van der Waals surface area (Å²) in [7, 11) is -1.83. The topological polar surface area (TPSA) is 38.7 Å². The Morgan fingerprint density at radius 1 is 1.42 bits per heavy atom. The fourth-order valence-corrected chi connectivity index (χ4v) is 2.67. The van der Waals surface area contributed by atoms with Gasteiger partial charge in [0.05, 0.1) is 26.8 Å². The summed E-state index contributed by atoms with van der Waals surface area (Å²) in [6.45, 7) is 0.246. The van der Waals surface area contributed by atoms with Gasteiger partial charge in [0.15, 0.2) is 0 Å². The number of hydrogen-bond acceptors (Lipinski definition) is 3. The molecule has 0 aliphatic rings. The van der Waals surface area contributed by atoms with Gasteiger partial charge in [0.2, 0.25) is 0 Å². The largest absolute Gasteiger partial charge is 0.493 e. The fraction of sp³-hybridized carbons (Fsp3) is 0.455. The number of benzene rings is 1. The van der Waals surface area contributed by atoms with E-state index in [0.29, 0.717) is 5.33 Å². The Labute approximate surface area is 118 Å². The van der Waals surface area contributed by atoms with Crippen LogP contribution in [0.5, 0.6) is 5.75 Å². The van der Waals surface area contributed by atoms with Crippen molar-refractivity contribution in [2.45, 2.75) is 11.1 Å². The van der Waals surface area contributed by atoms with Crippen molar-refractivity contribution in [3.05, 3.63) is 23.8 Å². The number of halogens is 4. The van der Waals surface area contributed by atoms with E-state index in [1.165, 1.54) is 19.4 Å². The Hall–Kier alpha value is -0.760. The third-order valence-corrected chi connectivity index (χ3v) is 4.55. The van der Waals surface area contributed by atoms with Gasteiger partial charge in [0.1, 0.15) is 5.75 Å². The molecule has 1 aromatic rings. The van der Waals surface area contributed by atoms with E-state index in [1.54, 1.807) is 0 Å². The minimum Gasteiger partial charge on any atom is -0.493 e. The summed E-state index contributed by atoms with van der Waals surface area (Å²) in [6.07, 6.45) is -3.43. The minimum absolute atomic E-state index is 0.0850. The van der Waals surface area contributed by atoms with E-state index >= 15 is 0 Å². The Kier molecular flexibility index (Phi) is 5.26. The van der Waals surface area contributed by atoms with Crippen molar-refractivity contribution >= 4 is 25.7 Å². The SMILES string of the molecule is CN=S(C)(=O)c1ccc(OCCBr)cc1C(F)(F)F. The van der Waals surface area contributed by atoms with E-state index in [-0.39, 0.29) is 17.3 Å². The van der Waals surface area contributed by atoms with Crippen molar-refractivity contribution in [2.75, 3.05) is 25.2 Å². The van der Waals surface area contributed by atoms with Crippen molar-refractivity contribution in [1.29, 1.82) is 0 Å². The predicted molar refractivity (Wildman–Crippen MR) is 71.4 cm³/mol. The quantitative estimate of drug-likeness (QED) is 0.770. The molecule has 0 saturated heterocycles. The summed E-state index contributed by atoms with van der Waals surface area (Å²) in [6, 6.07) is 3.37. The lowest BCUT2D eigenvalue weighted by Crippen LogP contribution is -2.13. The van der Waals surface area contributed by atoms with Crippen LogP contribution in [0.25, 0.3) is 0 Å². The van der Waals surface area contributed by atoms with Gasteiger partial charge in [-0.1, -0.05) is 15.9 Å². The third-order valence-electron chi connectivity index (χ3n) is 2.36. The summed E-state index contributed by atoms with van der Waals surface area (Å²) in [5, 5.41) is 0.505. The van der Waals surface area contributed by atoms with Crippen LogP contribution in [-0.4, -0.2) is 29.4 Å². The molecule has 8 heteroatoms. The van der Waals surface area contributed by atoms with Gasteiger partial charge in [-0.05, 0) is 18.2 Å². The van der Waals surface area contributed by atoms with Crippen LogP contribution in [0.2, 0.25) is 0 Å². The third kappa shape index (κ3) is 4.10. The maximum atomic E-state index is 13.0. The molecule has 0 bridgehead atoms. The highest BCUT2D eigenvalue weighted by Crippen LogP contribution is 2.36. The molecular weight excluding hydrogens is 347 g/mol. The zero-order valence-electron chi connectivity index (χ0n) is 10.3. The van der Waals surface area contributed by atoms with Crippen molar-refractivity contribution in [1.82, 2.24) is 0 Å². The normalized spacial score (nSPS) is 14.8. The van der Waals surface area contributed by atoms with Gasteiger partial charge in [-0.2, -0.15) is 13.2 Å². The molecule has 108 valence electrons. The van der Waals surface area contributed by atoms with Gasteiger partial charge in [0, 0.05) is 18.6 Å². The summed E-state index contributed by atoms with van der Waals surface area (Å²) in [5.74, 6) is 0.0850. The minimum atomic E-state index is -4.60. The molecule has 0 aliphatic heterocycles. The van der Waals surface area contributed by atoms with Crippen molar-refractivity contribution in [3.63, 3.8) is 0 Å². The van der Waals surface area contributed by atoms with E-state index in [1.807, 2.05) is 0 Å². The molecule has 0 N–H and O–H groups in total. The molecule has 0 saturated carbocycles. The highest BCUT2D eigenvalue weighted by atomic mass is 79.9. The summed E-state index contributed by atoms with van der Waals surface area (Å²) < 4.78 is 59.6. The van der Waals surface area contributed by atoms with Gasteiger partial charge < -0.3 is 4.74 Å². The first-order chi connectivity index (χ1) is 8.72. The molecule has 19 heavy (non-hydrogen) atoms. The molecule has 1 atom stereocenters. The maximum Gasteiger partial charge on any atom is 0.417 e. The molecule has 0 heterocycles. The average Bonchev–Trinajstić information content (AvgIpc) is 2.35. The number of rotatable bonds is 4. The van der Waals surface area contributed by atoms with Crippen LogP contribution < -0.4 is 4.74 Å². The molecule has 1 aromatic carbocycles. The van der Waals surface area contributed by atoms with E-state index in [9.17, 15) is 17.4 Å². The van der Waals surface area contributed by atoms with Crippen LogP contribution in [0, 0.1) is 0 Å². The van der Waals surface area contributed by atoms with E-state index in [4.69, 9.17) is 4.74 Å². The lowest BCUT2D eigenvalue weighted by Gasteiger charge is -2.15. The molecule has 0 radical (unpaired) electrons. The lowest BCUT2D eigenvalue weighted by atomic mass is 10.2. The van der Waals surface area contributed by atoms with Crippen molar-refractivity contribution < 1.29 is 22.1 Å². The Morgan fingerprint density at radius 2 is 2.05 bits per heavy atom. The average molecular weight is 360 g/mol. The molecule has 0 spiro atoms. The van der Waals surface area contributed by atoms with Crippen LogP contribution in [0.1, 0.15) is 5.56 Å². The Morgan fingerprint density at radius 3 is 2.53 bits per heavy atom. The second-order valence-electron chi connectivity index (χ2n) is 3.68. The maximum absolute atomic E-state index is 13.0. The van der Waals surface area contributed by atoms with Crippen LogP contribution >= 0.6 is 15.9 Å². The molecule has 1 unspecified atom stereocenters. The van der Waals surface area contributed by atoms with E-state index in [2.05, 4.69) is 20.3 Å². The van der Waals surface area contributed by atoms with Gasteiger partial charge in [-0.3, -0.25) is 0 Å². The lowest BCUT2D eigenvalue weighted by molar-refractivity contribution is -0.139. The standard InChI is InChI=1S/C11H13BrF3NO2S/c1-16-19(2,17)10-4-3-8(18-6-5-12)7-9(10)11(13,14)15/h3-4,7H,5-6H2,1-2H3. The summed E-state index contributed by atoms with van der Waals surface area (Å²) in [5.41, 5.74) is -0.974. The van der Waals surface area contributed by atoms with Crippen LogP contribution in [-0.2, 0) is 15.9 Å². The van der Waals surface area contributed by atoms with Crippen LogP contribution in [0.4, 0.5) is 13.2 Å². The van der Waals surface area contributed by atoms with Crippen LogP contribution in [0.3, 0.4) is 0 Å². The van der Waals surface area contributed by atoms with Gasteiger partial charge in [-0.25, -0.2) is 8.57 Å². The van der Waals surface area contributed by atoms with Crippen LogP contribution in [0.15, 0.2) is 27.5 Å². The first kappa shape index (κ1) is 16.3. The first-order valence-electron chi connectivity index (χ1n) is 5.22. The fourth-order valence-electron chi connectivity index (χ4n) is 1.41. The smallest absolute Gasteiger partial charge is 0.417 e. The molecule has 3 nitrogen and oxygen atoms in total. The molecule has 0 fully saturated rings. The molecule has 0 aliphatic carbocycles. The number of ether oxygens (including phenoxy) is 1. The Balaban J connectivity index is 3.39. The summed E-state index contributed by atoms with van der Waals surface area (Å²) >= 11 is 3.11. The van der Waals surface area contributed by atoms with E-state index < -0.39 is 21.5 Å². The van der Waals surface area contributed by atoms with Crippen molar-refractivity contribution in [2.24, 2.45) is 4.36 Å². The zero-order chi connectivity index (χ0) is 14.7. The monoisotopic (exact) mass is 359 g/mol. The molecule has 1 rings (SSSR count).